The molecule has 20 heavy (non-hydrogen) atoms. The maximum absolute atomic E-state index is 11.9. The van der Waals surface area contributed by atoms with E-state index in [1.54, 1.807) is 0 Å². The van der Waals surface area contributed by atoms with Gasteiger partial charge in [0.2, 0.25) is 5.91 Å². The lowest BCUT2D eigenvalue weighted by Gasteiger charge is -2.24. The highest BCUT2D eigenvalue weighted by molar-refractivity contribution is 5.81. The van der Waals surface area contributed by atoms with Gasteiger partial charge in [-0.3, -0.25) is 9.59 Å². The molecule has 0 radical (unpaired) electrons. The van der Waals surface area contributed by atoms with E-state index in [4.69, 9.17) is 5.11 Å². The minimum absolute atomic E-state index is 0.0563. The SMILES string of the molecule is CC(C)NC(=O)CN(CCCC(=O)O)c1ccccc1. The molecule has 0 saturated heterocycles. The number of hydrogen-bond donors (Lipinski definition) is 2. The number of carbonyl (C=O) groups excluding carboxylic acids is 1. The lowest BCUT2D eigenvalue weighted by atomic mass is 10.2. The summed E-state index contributed by atoms with van der Waals surface area (Å²) in [4.78, 5) is 24.4. The second kappa shape index (κ2) is 8.19. The molecule has 2 N–H and O–H groups in total. The molecule has 5 heteroatoms. The molecule has 1 aromatic rings. The maximum Gasteiger partial charge on any atom is 0.303 e. The maximum atomic E-state index is 11.9. The van der Waals surface area contributed by atoms with Crippen LogP contribution in [0.25, 0.3) is 0 Å². The van der Waals surface area contributed by atoms with E-state index in [9.17, 15) is 9.59 Å². The number of aliphatic carboxylic acids is 1. The van der Waals surface area contributed by atoms with Crippen LogP contribution in [-0.4, -0.2) is 36.1 Å². The molecule has 0 aliphatic carbocycles. The third kappa shape index (κ3) is 6.22. The van der Waals surface area contributed by atoms with E-state index in [1.807, 2.05) is 49.1 Å². The Labute approximate surface area is 119 Å². The average molecular weight is 278 g/mol. The third-order valence-corrected chi connectivity index (χ3v) is 2.72. The number of benzene rings is 1. The predicted octanol–water partition coefficient (Wildman–Crippen LogP) is 1.88. The number of para-hydroxylation sites is 1. The van der Waals surface area contributed by atoms with Crippen LogP contribution in [0.15, 0.2) is 30.3 Å². The number of amides is 1. The summed E-state index contributed by atoms with van der Waals surface area (Å²) in [5, 5.41) is 11.5. The molecule has 0 aliphatic rings. The summed E-state index contributed by atoms with van der Waals surface area (Å²) >= 11 is 0. The molecule has 0 fully saturated rings. The molecular weight excluding hydrogens is 256 g/mol. The number of nitrogens with zero attached hydrogens (tertiary/aromatic N) is 1. The lowest BCUT2D eigenvalue weighted by molar-refractivity contribution is -0.137. The highest BCUT2D eigenvalue weighted by Crippen LogP contribution is 2.13. The van der Waals surface area contributed by atoms with Crippen LogP contribution in [0.5, 0.6) is 0 Å². The zero-order chi connectivity index (χ0) is 15.0. The molecule has 5 nitrogen and oxygen atoms in total. The van der Waals surface area contributed by atoms with Gasteiger partial charge in [0.05, 0.1) is 6.54 Å². The molecule has 1 rings (SSSR count). The van der Waals surface area contributed by atoms with Crippen LogP contribution < -0.4 is 10.2 Å². The lowest BCUT2D eigenvalue weighted by Crippen LogP contribution is -2.40. The summed E-state index contributed by atoms with van der Waals surface area (Å²) in [6.07, 6.45) is 0.619. The van der Waals surface area contributed by atoms with Crippen molar-refractivity contribution in [1.29, 1.82) is 0 Å². The summed E-state index contributed by atoms with van der Waals surface area (Å²) in [6.45, 7) is 4.61. The Balaban J connectivity index is 2.64. The first-order valence-corrected chi connectivity index (χ1v) is 6.80. The fraction of sp³-hybridized carbons (Fsp3) is 0.467. The van der Waals surface area contributed by atoms with Gasteiger partial charge in [0.1, 0.15) is 0 Å². The number of nitrogens with one attached hydrogen (secondary N) is 1. The van der Waals surface area contributed by atoms with E-state index in [0.29, 0.717) is 13.0 Å². The Morgan fingerprint density at radius 1 is 1.25 bits per heavy atom. The van der Waals surface area contributed by atoms with Crippen molar-refractivity contribution in [3.05, 3.63) is 30.3 Å². The summed E-state index contributed by atoms with van der Waals surface area (Å²) < 4.78 is 0. The first-order chi connectivity index (χ1) is 9.49. The number of carboxylic acids is 1. The van der Waals surface area contributed by atoms with Crippen molar-refractivity contribution >= 4 is 17.6 Å². The molecule has 0 atom stereocenters. The van der Waals surface area contributed by atoms with Crippen LogP contribution in [-0.2, 0) is 9.59 Å². The first kappa shape index (κ1) is 16.0. The minimum atomic E-state index is -0.815. The monoisotopic (exact) mass is 278 g/mol. The Hall–Kier alpha value is -2.04. The second-order valence-electron chi connectivity index (χ2n) is 4.98. The van der Waals surface area contributed by atoms with Crippen molar-refractivity contribution in [2.45, 2.75) is 32.7 Å². The van der Waals surface area contributed by atoms with Gasteiger partial charge in [-0.2, -0.15) is 0 Å². The fourth-order valence-corrected chi connectivity index (χ4v) is 1.90. The molecule has 0 unspecified atom stereocenters. The fourth-order valence-electron chi connectivity index (χ4n) is 1.90. The zero-order valence-corrected chi connectivity index (χ0v) is 12.0. The van der Waals surface area contributed by atoms with Gasteiger partial charge in [-0.25, -0.2) is 0 Å². The van der Waals surface area contributed by atoms with Crippen LogP contribution in [0.3, 0.4) is 0 Å². The quantitative estimate of drug-likeness (QED) is 0.762. The number of carboxylic acid groups (broad SMARTS) is 1. The van der Waals surface area contributed by atoms with Gasteiger partial charge in [-0.15, -0.1) is 0 Å². The largest absolute Gasteiger partial charge is 0.481 e. The highest BCUT2D eigenvalue weighted by atomic mass is 16.4. The van der Waals surface area contributed by atoms with Crippen molar-refractivity contribution in [3.8, 4) is 0 Å². The number of anilines is 1. The third-order valence-electron chi connectivity index (χ3n) is 2.72. The van der Waals surface area contributed by atoms with Gasteiger partial charge in [-0.05, 0) is 32.4 Å². The first-order valence-electron chi connectivity index (χ1n) is 6.80. The molecule has 1 amide bonds. The average Bonchev–Trinajstić information content (AvgIpc) is 2.37. The molecule has 0 bridgehead atoms. The smallest absolute Gasteiger partial charge is 0.303 e. The summed E-state index contributed by atoms with van der Waals surface area (Å²) in [7, 11) is 0. The van der Waals surface area contributed by atoms with Crippen molar-refractivity contribution in [2.24, 2.45) is 0 Å². The van der Waals surface area contributed by atoms with Gasteiger partial charge in [0, 0.05) is 24.7 Å². The molecule has 0 aromatic heterocycles. The molecule has 110 valence electrons. The van der Waals surface area contributed by atoms with Crippen LogP contribution in [0, 0.1) is 0 Å². The Morgan fingerprint density at radius 3 is 2.45 bits per heavy atom. The highest BCUT2D eigenvalue weighted by Gasteiger charge is 2.12. The molecule has 0 aliphatic heterocycles. The van der Waals surface area contributed by atoms with Crippen molar-refractivity contribution in [2.75, 3.05) is 18.0 Å². The van der Waals surface area contributed by atoms with Crippen LogP contribution in [0.2, 0.25) is 0 Å². The van der Waals surface area contributed by atoms with Crippen molar-refractivity contribution in [3.63, 3.8) is 0 Å². The van der Waals surface area contributed by atoms with Crippen LogP contribution in [0.1, 0.15) is 26.7 Å². The Bertz CT molecular complexity index is 432. The van der Waals surface area contributed by atoms with E-state index in [2.05, 4.69) is 5.32 Å². The number of hydrogen-bond acceptors (Lipinski definition) is 3. The molecule has 0 heterocycles. The number of rotatable bonds is 8. The number of carbonyl (C=O) groups is 2. The Kier molecular flexibility index (Phi) is 6.56. The van der Waals surface area contributed by atoms with Gasteiger partial charge in [0.15, 0.2) is 0 Å². The van der Waals surface area contributed by atoms with Gasteiger partial charge < -0.3 is 15.3 Å². The van der Waals surface area contributed by atoms with E-state index >= 15 is 0 Å². The van der Waals surface area contributed by atoms with Gasteiger partial charge >= 0.3 is 5.97 Å². The molecule has 0 saturated carbocycles. The predicted molar refractivity (Wildman–Crippen MR) is 78.8 cm³/mol. The van der Waals surface area contributed by atoms with Gasteiger partial charge in [0.25, 0.3) is 0 Å². The summed E-state index contributed by atoms with van der Waals surface area (Å²) in [5.41, 5.74) is 0.928. The Morgan fingerprint density at radius 2 is 1.90 bits per heavy atom. The van der Waals surface area contributed by atoms with Gasteiger partial charge in [-0.1, -0.05) is 18.2 Å². The molecule has 1 aromatic carbocycles. The second-order valence-corrected chi connectivity index (χ2v) is 4.98. The topological polar surface area (TPSA) is 69.6 Å². The zero-order valence-electron chi connectivity index (χ0n) is 12.0. The van der Waals surface area contributed by atoms with E-state index < -0.39 is 5.97 Å². The van der Waals surface area contributed by atoms with E-state index in [-0.39, 0.29) is 24.9 Å². The van der Waals surface area contributed by atoms with Crippen molar-refractivity contribution in [1.82, 2.24) is 5.32 Å². The van der Waals surface area contributed by atoms with E-state index in [0.717, 1.165) is 5.69 Å². The van der Waals surface area contributed by atoms with Crippen LogP contribution in [0.4, 0.5) is 5.69 Å². The van der Waals surface area contributed by atoms with Crippen molar-refractivity contribution < 1.29 is 14.7 Å². The molecular formula is C15H22N2O3. The van der Waals surface area contributed by atoms with E-state index in [1.165, 1.54) is 0 Å². The molecule has 0 spiro atoms. The summed E-state index contributed by atoms with van der Waals surface area (Å²) in [5.74, 6) is -0.871. The minimum Gasteiger partial charge on any atom is -0.481 e. The normalized spacial score (nSPS) is 10.3. The summed E-state index contributed by atoms with van der Waals surface area (Å²) in [6, 6.07) is 9.65. The standard InChI is InChI=1S/C15H22N2O3/c1-12(2)16-14(18)11-17(10-6-9-15(19)20)13-7-4-3-5-8-13/h3-5,7-8,12H,6,9-11H2,1-2H3,(H,16,18)(H,19,20). The van der Waals surface area contributed by atoms with Crippen LogP contribution >= 0.6 is 0 Å².